The van der Waals surface area contributed by atoms with Gasteiger partial charge in [0.1, 0.15) is 5.82 Å². The number of nitro groups is 1. The number of carbonyl (C=O) groups excluding carboxylic acids is 2. The number of benzene rings is 2. The third kappa shape index (κ3) is 6.19. The maximum atomic E-state index is 12.6. The number of nitrogens with zero attached hydrogens (tertiary/aromatic N) is 4. The van der Waals surface area contributed by atoms with Crippen LogP contribution in [0.1, 0.15) is 30.8 Å². The summed E-state index contributed by atoms with van der Waals surface area (Å²) in [5.41, 5.74) is 2.64. The average molecular weight is 483 g/mol. The van der Waals surface area contributed by atoms with Gasteiger partial charge in [0, 0.05) is 29.5 Å². The number of nitro benzene ring substituents is 1. The van der Waals surface area contributed by atoms with Crippen molar-refractivity contribution in [2.45, 2.75) is 45.3 Å². The van der Waals surface area contributed by atoms with Crippen molar-refractivity contribution in [2.24, 2.45) is 0 Å². The molecule has 3 aromatic rings. The predicted molar refractivity (Wildman–Crippen MR) is 131 cm³/mol. The van der Waals surface area contributed by atoms with Crippen LogP contribution >= 0.6 is 11.8 Å². The zero-order valence-electron chi connectivity index (χ0n) is 19.2. The minimum Gasteiger partial charge on any atom is -0.325 e. The number of nitrogens with one attached hydrogen (secondary N) is 2. The Morgan fingerprint density at radius 1 is 1.09 bits per heavy atom. The van der Waals surface area contributed by atoms with Gasteiger partial charge in [-0.25, -0.2) is 0 Å². The van der Waals surface area contributed by atoms with Crippen LogP contribution in [-0.4, -0.2) is 37.3 Å². The molecule has 2 amide bonds. The Morgan fingerprint density at radius 3 is 2.56 bits per heavy atom. The highest BCUT2D eigenvalue weighted by molar-refractivity contribution is 7.99. The average Bonchev–Trinajstić information content (AvgIpc) is 3.20. The van der Waals surface area contributed by atoms with Crippen molar-refractivity contribution in [3.05, 3.63) is 69.5 Å². The first-order chi connectivity index (χ1) is 16.3. The maximum absolute atomic E-state index is 12.6. The molecule has 0 radical (unpaired) electrons. The van der Waals surface area contributed by atoms with Gasteiger partial charge in [-0.1, -0.05) is 43.0 Å². The lowest BCUT2D eigenvalue weighted by molar-refractivity contribution is -0.385. The van der Waals surface area contributed by atoms with Gasteiger partial charge in [0.2, 0.25) is 11.8 Å². The van der Waals surface area contributed by atoms with Gasteiger partial charge in [-0.15, -0.1) is 10.2 Å². The minimum absolute atomic E-state index is 0.0376. The molecule has 11 heteroatoms. The second kappa shape index (κ2) is 11.4. The fourth-order valence-electron chi connectivity index (χ4n) is 3.37. The Kier molecular flexibility index (Phi) is 8.36. The van der Waals surface area contributed by atoms with Gasteiger partial charge in [-0.3, -0.25) is 19.7 Å². The zero-order valence-corrected chi connectivity index (χ0v) is 20.0. The number of aryl methyl sites for hydroxylation is 2. The summed E-state index contributed by atoms with van der Waals surface area (Å²) in [6.45, 7) is 6.11. The molecule has 0 saturated carbocycles. The van der Waals surface area contributed by atoms with E-state index in [1.54, 1.807) is 23.6 Å². The van der Waals surface area contributed by atoms with Crippen molar-refractivity contribution in [3.63, 3.8) is 0 Å². The summed E-state index contributed by atoms with van der Waals surface area (Å²) >= 11 is 1.18. The molecule has 3 rings (SSSR count). The van der Waals surface area contributed by atoms with Gasteiger partial charge in [-0.05, 0) is 38.0 Å². The summed E-state index contributed by atoms with van der Waals surface area (Å²) in [7, 11) is 0. The Hall–Kier alpha value is -3.73. The van der Waals surface area contributed by atoms with Gasteiger partial charge >= 0.3 is 0 Å². The Morgan fingerprint density at radius 2 is 1.85 bits per heavy atom. The first-order valence-electron chi connectivity index (χ1n) is 10.8. The van der Waals surface area contributed by atoms with E-state index in [0.717, 1.165) is 17.7 Å². The van der Waals surface area contributed by atoms with E-state index in [1.807, 2.05) is 38.1 Å². The number of hydrogen-bond acceptors (Lipinski definition) is 7. The van der Waals surface area contributed by atoms with Crippen LogP contribution in [0.2, 0.25) is 0 Å². The monoisotopic (exact) mass is 482 g/mol. The van der Waals surface area contributed by atoms with E-state index >= 15 is 0 Å². The van der Waals surface area contributed by atoms with E-state index in [0.29, 0.717) is 28.8 Å². The molecule has 10 nitrogen and oxygen atoms in total. The van der Waals surface area contributed by atoms with Crippen molar-refractivity contribution >= 4 is 40.6 Å². The van der Waals surface area contributed by atoms with Crippen molar-refractivity contribution in [2.75, 3.05) is 16.4 Å². The number of amides is 2. The first kappa shape index (κ1) is 24.9. The summed E-state index contributed by atoms with van der Waals surface area (Å²) in [5, 5.41) is 25.5. The molecular formula is C23H26N6O4S. The number of thioether (sulfide) groups is 1. The molecule has 0 bridgehead atoms. The molecule has 178 valence electrons. The lowest BCUT2D eigenvalue weighted by atomic mass is 10.1. The first-order valence-corrected chi connectivity index (χ1v) is 11.8. The molecule has 0 saturated heterocycles. The molecule has 1 aromatic heterocycles. The largest absolute Gasteiger partial charge is 0.325 e. The fraction of sp³-hybridized carbons (Fsp3) is 0.304. The second-order valence-electron chi connectivity index (χ2n) is 7.47. The topological polar surface area (TPSA) is 132 Å². The predicted octanol–water partition coefficient (Wildman–Crippen LogP) is 3.99. The zero-order chi connectivity index (χ0) is 24.7. The summed E-state index contributed by atoms with van der Waals surface area (Å²) < 4.78 is 1.79. The van der Waals surface area contributed by atoms with Gasteiger partial charge in [0.05, 0.1) is 17.1 Å². The lowest BCUT2D eigenvalue weighted by Crippen LogP contribution is -2.18. The van der Waals surface area contributed by atoms with Gasteiger partial charge in [0.15, 0.2) is 5.16 Å². The van der Waals surface area contributed by atoms with E-state index in [4.69, 9.17) is 0 Å². The van der Waals surface area contributed by atoms with Crippen LogP contribution in [0, 0.1) is 17.0 Å². The Balaban J connectivity index is 1.61. The molecule has 2 N–H and O–H groups in total. The van der Waals surface area contributed by atoms with E-state index in [-0.39, 0.29) is 29.7 Å². The fourth-order valence-corrected chi connectivity index (χ4v) is 4.20. The molecule has 0 spiro atoms. The summed E-state index contributed by atoms with van der Waals surface area (Å²) in [5.74, 6) is 0.0177. The normalized spacial score (nSPS) is 10.7. The Bertz CT molecular complexity index is 1210. The number of carbonyl (C=O) groups is 2. The minimum atomic E-state index is -0.484. The summed E-state index contributed by atoms with van der Waals surface area (Å²) in [6, 6.07) is 12.2. The molecule has 0 fully saturated rings. The van der Waals surface area contributed by atoms with Crippen molar-refractivity contribution in [3.8, 4) is 0 Å². The van der Waals surface area contributed by atoms with Crippen LogP contribution in [0.25, 0.3) is 0 Å². The molecule has 1 heterocycles. The quantitative estimate of drug-likeness (QED) is 0.254. The van der Waals surface area contributed by atoms with Crippen LogP contribution in [0.3, 0.4) is 0 Å². The van der Waals surface area contributed by atoms with Gasteiger partial charge in [-0.2, -0.15) is 0 Å². The smallest absolute Gasteiger partial charge is 0.274 e. The molecule has 0 aliphatic rings. The number of rotatable bonds is 10. The van der Waals surface area contributed by atoms with Crippen LogP contribution < -0.4 is 10.6 Å². The third-order valence-electron chi connectivity index (χ3n) is 5.12. The van der Waals surface area contributed by atoms with E-state index in [2.05, 4.69) is 20.8 Å². The number of aromatic nitrogens is 3. The highest BCUT2D eigenvalue weighted by Crippen LogP contribution is 2.23. The molecular weight excluding hydrogens is 456 g/mol. The summed E-state index contributed by atoms with van der Waals surface area (Å²) in [4.78, 5) is 35.6. The van der Waals surface area contributed by atoms with E-state index in [9.17, 15) is 19.7 Å². The molecule has 0 unspecified atom stereocenters. The molecule has 0 aliphatic carbocycles. The molecule has 0 aliphatic heterocycles. The number of anilines is 2. The molecule has 0 atom stereocenters. The molecule has 2 aromatic carbocycles. The lowest BCUT2D eigenvalue weighted by Gasteiger charge is -2.10. The molecule has 34 heavy (non-hydrogen) atoms. The summed E-state index contributed by atoms with van der Waals surface area (Å²) in [6.07, 6.45) is 0.860. The Labute approximate surface area is 201 Å². The standard InChI is InChI=1S/C23H26N6O4S/c1-4-16-8-6-7-9-18(16)25-21(30)13-20-26-27-23(28(20)5-2)34-14-22(31)24-17-11-10-15(3)19(12-17)29(32)33/h6-12H,4-5,13-14H2,1-3H3,(H,24,31)(H,25,30). The van der Waals surface area contributed by atoms with Gasteiger partial charge < -0.3 is 15.2 Å². The number of hydrogen-bond donors (Lipinski definition) is 2. The van der Waals surface area contributed by atoms with Crippen LogP contribution in [-0.2, 0) is 29.0 Å². The SMILES string of the molecule is CCc1ccccc1NC(=O)Cc1nnc(SCC(=O)Nc2ccc(C)c([N+](=O)[O-])c2)n1CC. The van der Waals surface area contributed by atoms with Crippen LogP contribution in [0.4, 0.5) is 17.1 Å². The van der Waals surface area contributed by atoms with Crippen molar-refractivity contribution in [1.82, 2.24) is 14.8 Å². The van der Waals surface area contributed by atoms with Crippen molar-refractivity contribution < 1.29 is 14.5 Å². The van der Waals surface area contributed by atoms with E-state index < -0.39 is 4.92 Å². The van der Waals surface area contributed by atoms with E-state index in [1.165, 1.54) is 17.8 Å². The highest BCUT2D eigenvalue weighted by atomic mass is 32.2. The second-order valence-corrected chi connectivity index (χ2v) is 8.42. The van der Waals surface area contributed by atoms with Crippen LogP contribution in [0.15, 0.2) is 47.6 Å². The number of para-hydroxylation sites is 1. The van der Waals surface area contributed by atoms with Gasteiger partial charge in [0.25, 0.3) is 5.69 Å². The van der Waals surface area contributed by atoms with Crippen LogP contribution in [0.5, 0.6) is 0 Å². The van der Waals surface area contributed by atoms with Crippen molar-refractivity contribution in [1.29, 1.82) is 0 Å². The maximum Gasteiger partial charge on any atom is 0.274 e. The third-order valence-corrected chi connectivity index (χ3v) is 6.09. The highest BCUT2D eigenvalue weighted by Gasteiger charge is 2.17.